The Labute approximate surface area is 154 Å². The standard InChI is InChI=1S/C19H14ClN3OS/c20-15-3-1-14(2-4-15)18-16(23-11-12-25-19(23)22-18)5-6-17(24)13-7-9-21-10-8-13/h1-12,16,18H/b6-5+. The minimum atomic E-state index is -0.0637. The predicted octanol–water partition coefficient (Wildman–Crippen LogP) is 4.47. The van der Waals surface area contributed by atoms with Crippen molar-refractivity contribution >= 4 is 34.3 Å². The molecule has 124 valence electrons. The van der Waals surface area contributed by atoms with Crippen LogP contribution < -0.4 is 0 Å². The van der Waals surface area contributed by atoms with E-state index in [0.717, 1.165) is 10.7 Å². The van der Waals surface area contributed by atoms with E-state index in [1.165, 1.54) is 0 Å². The molecular weight excluding hydrogens is 354 g/mol. The Morgan fingerprint density at radius 2 is 1.92 bits per heavy atom. The van der Waals surface area contributed by atoms with Crippen molar-refractivity contribution in [3.8, 4) is 0 Å². The Morgan fingerprint density at radius 1 is 1.16 bits per heavy atom. The maximum absolute atomic E-state index is 12.4. The van der Waals surface area contributed by atoms with Crippen molar-refractivity contribution in [1.82, 2.24) is 9.88 Å². The Morgan fingerprint density at radius 3 is 2.68 bits per heavy atom. The van der Waals surface area contributed by atoms with Crippen molar-refractivity contribution in [3.05, 3.63) is 88.7 Å². The molecule has 0 spiro atoms. The molecule has 4 rings (SSSR count). The van der Waals surface area contributed by atoms with E-state index in [-0.39, 0.29) is 17.9 Å². The van der Waals surface area contributed by atoms with Gasteiger partial charge in [-0.15, -0.1) is 0 Å². The average Bonchev–Trinajstić information content (AvgIpc) is 3.23. The molecule has 2 aliphatic rings. The summed E-state index contributed by atoms with van der Waals surface area (Å²) in [5.41, 5.74) is 1.70. The topological polar surface area (TPSA) is 45.6 Å². The molecule has 0 radical (unpaired) electrons. The van der Waals surface area contributed by atoms with Gasteiger partial charge in [0, 0.05) is 29.2 Å². The number of halogens is 1. The number of hydrogen-bond donors (Lipinski definition) is 0. The first kappa shape index (κ1) is 16.1. The zero-order valence-corrected chi connectivity index (χ0v) is 14.7. The number of fused-ring (bicyclic) bond motifs is 1. The van der Waals surface area contributed by atoms with Gasteiger partial charge in [0.15, 0.2) is 11.0 Å². The normalized spacial score (nSPS) is 21.6. The van der Waals surface area contributed by atoms with E-state index in [2.05, 4.69) is 9.88 Å². The number of aromatic nitrogens is 1. The molecular formula is C19H14ClN3OS. The number of allylic oxidation sites excluding steroid dienone is 1. The third-order valence-electron chi connectivity index (χ3n) is 4.13. The van der Waals surface area contributed by atoms with Crippen molar-refractivity contribution in [3.63, 3.8) is 0 Å². The van der Waals surface area contributed by atoms with Gasteiger partial charge in [0.1, 0.15) is 6.04 Å². The van der Waals surface area contributed by atoms with Crippen molar-refractivity contribution in [1.29, 1.82) is 0 Å². The van der Waals surface area contributed by atoms with E-state index in [1.54, 1.807) is 42.4 Å². The number of pyridine rings is 1. The second-order valence-electron chi connectivity index (χ2n) is 5.67. The van der Waals surface area contributed by atoms with Crippen LogP contribution in [0.1, 0.15) is 22.0 Å². The number of hydrogen-bond acceptors (Lipinski definition) is 5. The largest absolute Gasteiger partial charge is 0.318 e. The number of nitrogens with zero attached hydrogens (tertiary/aromatic N) is 3. The molecule has 25 heavy (non-hydrogen) atoms. The third-order valence-corrected chi connectivity index (χ3v) is 5.17. The van der Waals surface area contributed by atoms with Crippen molar-refractivity contribution in [2.75, 3.05) is 0 Å². The molecule has 0 saturated carbocycles. The van der Waals surface area contributed by atoms with E-state index in [4.69, 9.17) is 16.6 Å². The lowest BCUT2D eigenvalue weighted by Crippen LogP contribution is -2.28. The van der Waals surface area contributed by atoms with Crippen LogP contribution in [0.5, 0.6) is 0 Å². The van der Waals surface area contributed by atoms with Crippen molar-refractivity contribution < 1.29 is 4.79 Å². The quantitative estimate of drug-likeness (QED) is 0.590. The van der Waals surface area contributed by atoms with E-state index in [0.29, 0.717) is 10.6 Å². The summed E-state index contributed by atoms with van der Waals surface area (Å²) in [6.07, 6.45) is 8.79. The maximum Gasteiger partial charge on any atom is 0.185 e. The molecule has 1 aromatic heterocycles. The van der Waals surface area contributed by atoms with Crippen LogP contribution in [-0.2, 0) is 0 Å². The number of rotatable bonds is 4. The van der Waals surface area contributed by atoms with Gasteiger partial charge in [-0.25, -0.2) is 0 Å². The van der Waals surface area contributed by atoms with Crippen LogP contribution in [-0.4, -0.2) is 26.9 Å². The van der Waals surface area contributed by atoms with Gasteiger partial charge in [0.2, 0.25) is 0 Å². The summed E-state index contributed by atoms with van der Waals surface area (Å²) in [5.74, 6) is -0.0402. The van der Waals surface area contributed by atoms with Crippen LogP contribution in [0.2, 0.25) is 5.02 Å². The molecule has 1 aromatic carbocycles. The highest BCUT2D eigenvalue weighted by atomic mass is 35.5. The third kappa shape index (κ3) is 3.25. The van der Waals surface area contributed by atoms with E-state index in [9.17, 15) is 4.79 Å². The van der Waals surface area contributed by atoms with E-state index < -0.39 is 0 Å². The second-order valence-corrected chi connectivity index (χ2v) is 6.98. The van der Waals surface area contributed by atoms with Gasteiger partial charge in [-0.3, -0.25) is 14.8 Å². The van der Waals surface area contributed by atoms with Crippen LogP contribution in [0.25, 0.3) is 0 Å². The Hall–Kier alpha value is -2.37. The Balaban J connectivity index is 1.61. The first-order valence-corrected chi connectivity index (χ1v) is 9.05. The highest BCUT2D eigenvalue weighted by Gasteiger charge is 2.36. The van der Waals surface area contributed by atoms with E-state index >= 15 is 0 Å². The number of ketones is 1. The molecule has 3 heterocycles. The first-order chi connectivity index (χ1) is 12.2. The van der Waals surface area contributed by atoms with Gasteiger partial charge < -0.3 is 4.90 Å². The molecule has 4 nitrogen and oxygen atoms in total. The molecule has 2 atom stereocenters. The lowest BCUT2D eigenvalue weighted by atomic mass is 9.99. The SMILES string of the molecule is O=C(/C=C/C1C(c2ccc(Cl)cc2)N=C2SC=CN21)c1ccncc1. The second kappa shape index (κ2) is 6.86. The van der Waals surface area contributed by atoms with Gasteiger partial charge >= 0.3 is 0 Å². The lowest BCUT2D eigenvalue weighted by Gasteiger charge is -2.22. The zero-order chi connectivity index (χ0) is 17.2. The van der Waals surface area contributed by atoms with Crippen molar-refractivity contribution in [2.24, 2.45) is 4.99 Å². The van der Waals surface area contributed by atoms with Gasteiger partial charge in [0.05, 0.1) is 6.04 Å². The minimum absolute atomic E-state index is 0.0341. The fourth-order valence-corrected chi connectivity index (χ4v) is 3.80. The van der Waals surface area contributed by atoms with E-state index in [1.807, 2.05) is 41.9 Å². The van der Waals surface area contributed by atoms with Crippen LogP contribution in [0.15, 0.2) is 77.5 Å². The maximum atomic E-state index is 12.4. The number of benzene rings is 1. The number of amidine groups is 1. The zero-order valence-electron chi connectivity index (χ0n) is 13.1. The molecule has 2 unspecified atom stereocenters. The monoisotopic (exact) mass is 367 g/mol. The average molecular weight is 368 g/mol. The van der Waals surface area contributed by atoms with Crippen molar-refractivity contribution in [2.45, 2.75) is 12.1 Å². The Bertz CT molecular complexity index is 877. The summed E-state index contributed by atoms with van der Waals surface area (Å²) in [4.78, 5) is 23.2. The Kier molecular flexibility index (Phi) is 4.42. The lowest BCUT2D eigenvalue weighted by molar-refractivity contribution is 0.104. The van der Waals surface area contributed by atoms with Gasteiger partial charge in [-0.05, 0) is 41.3 Å². The van der Waals surface area contributed by atoms with Crippen LogP contribution >= 0.6 is 23.4 Å². The summed E-state index contributed by atoms with van der Waals surface area (Å²) in [6.45, 7) is 0. The highest BCUT2D eigenvalue weighted by molar-refractivity contribution is 8.16. The molecule has 2 aliphatic heterocycles. The summed E-state index contributed by atoms with van der Waals surface area (Å²) in [6, 6.07) is 11.0. The number of carbonyl (C=O) groups excluding carboxylic acids is 1. The summed E-state index contributed by atoms with van der Waals surface area (Å²) in [5, 5.41) is 3.65. The minimum Gasteiger partial charge on any atom is -0.318 e. The van der Waals surface area contributed by atoms with Crippen LogP contribution in [0.3, 0.4) is 0 Å². The summed E-state index contributed by atoms with van der Waals surface area (Å²) in [7, 11) is 0. The van der Waals surface area contributed by atoms with Gasteiger partial charge in [-0.1, -0.05) is 41.6 Å². The van der Waals surface area contributed by atoms with Crippen LogP contribution in [0.4, 0.5) is 0 Å². The van der Waals surface area contributed by atoms with Gasteiger partial charge in [0.25, 0.3) is 0 Å². The summed E-state index contributed by atoms with van der Waals surface area (Å²) >= 11 is 7.59. The first-order valence-electron chi connectivity index (χ1n) is 7.80. The molecule has 2 aromatic rings. The molecule has 0 N–H and O–H groups in total. The number of aliphatic imine (C=N–C) groups is 1. The molecule has 0 saturated heterocycles. The smallest absolute Gasteiger partial charge is 0.185 e. The van der Waals surface area contributed by atoms with Crippen LogP contribution in [0, 0.1) is 0 Å². The predicted molar refractivity (Wildman–Crippen MR) is 102 cm³/mol. The fraction of sp³-hybridized carbons (Fsp3) is 0.105. The molecule has 0 amide bonds. The molecule has 0 fully saturated rings. The molecule has 0 bridgehead atoms. The summed E-state index contributed by atoms with van der Waals surface area (Å²) < 4.78 is 0. The highest BCUT2D eigenvalue weighted by Crippen LogP contribution is 2.39. The molecule has 6 heteroatoms. The number of carbonyl (C=O) groups is 1. The fourth-order valence-electron chi connectivity index (χ4n) is 2.88. The number of thioether (sulfide) groups is 1. The molecule has 0 aliphatic carbocycles. The van der Waals surface area contributed by atoms with Gasteiger partial charge in [-0.2, -0.15) is 0 Å².